The van der Waals surface area contributed by atoms with Crippen LogP contribution in [0.5, 0.6) is 5.75 Å². The van der Waals surface area contributed by atoms with Gasteiger partial charge >= 0.3 is 7.60 Å². The summed E-state index contributed by atoms with van der Waals surface area (Å²) in [6, 6.07) is 8.68. The summed E-state index contributed by atoms with van der Waals surface area (Å²) in [6.07, 6.45) is -1.20. The van der Waals surface area contributed by atoms with Crippen LogP contribution in [0.15, 0.2) is 30.3 Å². The summed E-state index contributed by atoms with van der Waals surface area (Å²) in [4.78, 5) is 0. The third kappa shape index (κ3) is 3.10. The monoisotopic (exact) mass is 256 g/mol. The first-order valence-electron chi connectivity index (χ1n) is 5.45. The number of benzene rings is 1. The molecule has 0 amide bonds. The first-order chi connectivity index (χ1) is 8.13. The molecule has 0 aliphatic carbocycles. The van der Waals surface area contributed by atoms with Crippen molar-refractivity contribution >= 4 is 15.4 Å². The van der Waals surface area contributed by atoms with Gasteiger partial charge in [0.25, 0.3) is 0 Å². The average molecular weight is 256 g/mol. The molecule has 2 rings (SSSR count). The minimum absolute atomic E-state index is 0.141. The van der Waals surface area contributed by atoms with Crippen LogP contribution in [0.4, 0.5) is 0 Å². The summed E-state index contributed by atoms with van der Waals surface area (Å²) in [5.74, 6) is 0.432. The second-order valence-corrected chi connectivity index (χ2v) is 5.63. The highest BCUT2D eigenvalue weighted by Gasteiger charge is 2.39. The molecule has 1 aliphatic heterocycles. The van der Waals surface area contributed by atoms with E-state index in [1.165, 1.54) is 0 Å². The molecule has 0 saturated carbocycles. The molecule has 5 nitrogen and oxygen atoms in total. The lowest BCUT2D eigenvalue weighted by molar-refractivity contribution is -0.142. The molecule has 1 aromatic rings. The van der Waals surface area contributed by atoms with Crippen LogP contribution >= 0.6 is 7.60 Å². The van der Waals surface area contributed by atoms with E-state index in [9.17, 15) is 9.67 Å². The Morgan fingerprint density at radius 3 is 2.76 bits per heavy atom. The highest BCUT2D eigenvalue weighted by molar-refractivity contribution is 7.54. The summed E-state index contributed by atoms with van der Waals surface area (Å²) in [7, 11) is -1.56. The molecule has 1 fully saturated rings. The topological polar surface area (TPSA) is 65.0 Å². The van der Waals surface area contributed by atoms with Gasteiger partial charge in [-0.2, -0.15) is 0 Å². The molecule has 1 aromatic carbocycles. The number of aliphatic hydroxyl groups is 1. The van der Waals surface area contributed by atoms with E-state index in [4.69, 9.17) is 13.8 Å². The van der Waals surface area contributed by atoms with Gasteiger partial charge in [-0.05, 0) is 12.1 Å². The SMILES string of the molecule is BC[C@@H]1OCP(=O)(Oc2ccccc2)OC1O. The fraction of sp³-hybridized carbons (Fsp3) is 0.400. The van der Waals surface area contributed by atoms with Gasteiger partial charge in [-0.15, -0.1) is 0 Å². The number of para-hydroxylation sites is 1. The quantitative estimate of drug-likeness (QED) is 0.645. The lowest BCUT2D eigenvalue weighted by Crippen LogP contribution is -2.36. The normalized spacial score (nSPS) is 33.2. The van der Waals surface area contributed by atoms with E-state index < -0.39 is 20.0 Å². The lowest BCUT2D eigenvalue weighted by Gasteiger charge is -2.32. The van der Waals surface area contributed by atoms with Crippen molar-refractivity contribution in [3.8, 4) is 5.75 Å². The van der Waals surface area contributed by atoms with Crippen LogP contribution in [-0.2, 0) is 13.8 Å². The summed E-state index contributed by atoms with van der Waals surface area (Å²) in [5.41, 5.74) is 0. The van der Waals surface area contributed by atoms with Crippen LogP contribution in [0.25, 0.3) is 0 Å². The summed E-state index contributed by atoms with van der Waals surface area (Å²) in [5, 5.41) is 9.58. The molecule has 7 heteroatoms. The Bertz CT molecular complexity index is 412. The molecule has 1 heterocycles. The number of hydrogen-bond donors (Lipinski definition) is 1. The number of rotatable bonds is 3. The van der Waals surface area contributed by atoms with Crippen molar-refractivity contribution in [3.63, 3.8) is 0 Å². The Hall–Kier alpha value is -0.805. The Morgan fingerprint density at radius 2 is 2.18 bits per heavy atom. The molecule has 0 aromatic heterocycles. The minimum atomic E-state index is -3.41. The third-order valence-electron chi connectivity index (χ3n) is 2.42. The third-order valence-corrected chi connectivity index (χ3v) is 3.91. The van der Waals surface area contributed by atoms with Crippen LogP contribution in [0, 0.1) is 0 Å². The van der Waals surface area contributed by atoms with Crippen LogP contribution < -0.4 is 4.52 Å². The lowest BCUT2D eigenvalue weighted by atomic mass is 9.99. The molecule has 0 bridgehead atoms. The molecular formula is C10H14BO5P. The highest BCUT2D eigenvalue weighted by atomic mass is 31.2. The maximum absolute atomic E-state index is 12.1. The molecular weight excluding hydrogens is 242 g/mol. The highest BCUT2D eigenvalue weighted by Crippen LogP contribution is 2.52. The Balaban J connectivity index is 2.04. The molecule has 0 spiro atoms. The largest absolute Gasteiger partial charge is 0.423 e. The molecule has 92 valence electrons. The number of aliphatic hydroxyl groups excluding tert-OH is 1. The van der Waals surface area contributed by atoms with E-state index in [-0.39, 0.29) is 6.35 Å². The van der Waals surface area contributed by atoms with Gasteiger partial charge in [0.15, 0.2) is 12.6 Å². The molecule has 17 heavy (non-hydrogen) atoms. The molecule has 1 aliphatic rings. The molecule has 1 saturated heterocycles. The van der Waals surface area contributed by atoms with Crippen molar-refractivity contribution in [2.24, 2.45) is 0 Å². The van der Waals surface area contributed by atoms with E-state index >= 15 is 0 Å². The smallest absolute Gasteiger partial charge is 0.407 e. The summed E-state index contributed by atoms with van der Waals surface area (Å²) < 4.78 is 27.7. The van der Waals surface area contributed by atoms with Crippen molar-refractivity contribution in [1.29, 1.82) is 0 Å². The zero-order valence-electron chi connectivity index (χ0n) is 9.48. The van der Waals surface area contributed by atoms with E-state index in [2.05, 4.69) is 0 Å². The van der Waals surface area contributed by atoms with Crippen LogP contribution in [0.1, 0.15) is 0 Å². The fourth-order valence-electron chi connectivity index (χ4n) is 1.54. The summed E-state index contributed by atoms with van der Waals surface area (Å²) >= 11 is 0. The van der Waals surface area contributed by atoms with E-state index in [1.54, 1.807) is 24.3 Å². The molecule has 2 unspecified atom stereocenters. The average Bonchev–Trinajstić information content (AvgIpc) is 2.30. The van der Waals surface area contributed by atoms with Crippen LogP contribution in [0.2, 0.25) is 6.32 Å². The molecule has 1 N–H and O–H groups in total. The Kier molecular flexibility index (Phi) is 3.89. The second kappa shape index (κ2) is 5.23. The number of ether oxygens (including phenoxy) is 1. The summed E-state index contributed by atoms with van der Waals surface area (Å²) in [6.45, 7) is 0. The van der Waals surface area contributed by atoms with Gasteiger partial charge in [0.05, 0.1) is 0 Å². The predicted octanol–water partition coefficient (Wildman–Crippen LogP) is 1.00. The van der Waals surface area contributed by atoms with E-state index in [1.807, 2.05) is 13.9 Å². The van der Waals surface area contributed by atoms with Crippen molar-refractivity contribution in [3.05, 3.63) is 30.3 Å². The van der Waals surface area contributed by atoms with Gasteiger partial charge in [-0.3, -0.25) is 4.52 Å². The fourth-order valence-corrected chi connectivity index (χ4v) is 2.98. The second-order valence-electron chi connectivity index (χ2n) is 3.75. The number of hydrogen-bond acceptors (Lipinski definition) is 5. The van der Waals surface area contributed by atoms with E-state index in [0.717, 1.165) is 0 Å². The van der Waals surface area contributed by atoms with Crippen molar-refractivity contribution < 1.29 is 23.5 Å². The first-order valence-corrected chi connectivity index (χ1v) is 7.17. The van der Waals surface area contributed by atoms with Gasteiger partial charge in [0, 0.05) is 0 Å². The minimum Gasteiger partial charge on any atom is -0.423 e. The van der Waals surface area contributed by atoms with Gasteiger partial charge in [0.1, 0.15) is 19.7 Å². The molecule has 3 atom stereocenters. The van der Waals surface area contributed by atoms with Gasteiger partial charge in [0.2, 0.25) is 0 Å². The molecule has 0 radical (unpaired) electrons. The standard InChI is InChI=1S/C10H14BO5P/c11-6-9-10(12)16-17(13,7-14-9)15-8-4-2-1-3-5-8/h1-5,9-10,12H,6-7,11H2/t9-,10?,17?/m0/s1. The van der Waals surface area contributed by atoms with Gasteiger partial charge in [-0.1, -0.05) is 24.5 Å². The van der Waals surface area contributed by atoms with Crippen molar-refractivity contribution in [2.45, 2.75) is 18.7 Å². The van der Waals surface area contributed by atoms with Gasteiger partial charge < -0.3 is 14.4 Å². The zero-order valence-corrected chi connectivity index (χ0v) is 10.4. The van der Waals surface area contributed by atoms with E-state index in [0.29, 0.717) is 12.1 Å². The van der Waals surface area contributed by atoms with Crippen molar-refractivity contribution in [1.82, 2.24) is 0 Å². The van der Waals surface area contributed by atoms with Crippen molar-refractivity contribution in [2.75, 3.05) is 6.35 Å². The first kappa shape index (κ1) is 12.6. The Morgan fingerprint density at radius 1 is 1.47 bits per heavy atom. The van der Waals surface area contributed by atoms with Gasteiger partial charge in [-0.25, -0.2) is 4.57 Å². The van der Waals surface area contributed by atoms with Crippen LogP contribution in [-0.4, -0.2) is 31.7 Å². The van der Waals surface area contributed by atoms with Crippen LogP contribution in [0.3, 0.4) is 0 Å². The zero-order chi connectivity index (χ0) is 12.3. The maximum atomic E-state index is 12.1. The maximum Gasteiger partial charge on any atom is 0.407 e. The Labute approximate surface area is 101 Å². The predicted molar refractivity (Wildman–Crippen MR) is 64.9 cm³/mol.